The van der Waals surface area contributed by atoms with Crippen LogP contribution in [0.25, 0.3) is 0 Å². The highest BCUT2D eigenvalue weighted by molar-refractivity contribution is 7.89. The molecule has 1 aromatic carbocycles. The Labute approximate surface area is 103 Å². The number of unbranched alkanes of at least 4 members (excludes halogenated alkanes) is 1. The molecule has 0 bridgehead atoms. The van der Waals surface area contributed by atoms with E-state index in [0.717, 1.165) is 12.8 Å². The van der Waals surface area contributed by atoms with Gasteiger partial charge in [-0.2, -0.15) is 0 Å². The molecule has 0 heterocycles. The summed E-state index contributed by atoms with van der Waals surface area (Å²) in [6.07, 6.45) is 1.76. The number of aryl methyl sites for hydroxylation is 1. The van der Waals surface area contributed by atoms with Gasteiger partial charge in [0.05, 0.1) is 11.5 Å². The Morgan fingerprint density at radius 2 is 2.06 bits per heavy atom. The van der Waals surface area contributed by atoms with E-state index in [-0.39, 0.29) is 11.5 Å². The Balaban J connectivity index is 2.97. The van der Waals surface area contributed by atoms with Crippen molar-refractivity contribution in [3.63, 3.8) is 0 Å². The van der Waals surface area contributed by atoms with Crippen molar-refractivity contribution in [2.24, 2.45) is 0 Å². The van der Waals surface area contributed by atoms with E-state index in [0.29, 0.717) is 17.7 Å². The van der Waals surface area contributed by atoms with Crippen LogP contribution < -0.4 is 4.72 Å². The number of rotatable bonds is 6. The van der Waals surface area contributed by atoms with Gasteiger partial charge in [-0.15, -0.1) is 0 Å². The highest BCUT2D eigenvalue weighted by Gasteiger charge is 2.16. The fourth-order valence-electron chi connectivity index (χ4n) is 1.49. The van der Waals surface area contributed by atoms with E-state index in [4.69, 9.17) is 5.11 Å². The third kappa shape index (κ3) is 3.80. The second kappa shape index (κ2) is 6.14. The van der Waals surface area contributed by atoms with Crippen LogP contribution in [0.4, 0.5) is 0 Å². The number of sulfonamides is 1. The molecular formula is C12H19NO3S. The Morgan fingerprint density at radius 3 is 2.65 bits per heavy atom. The molecule has 0 aromatic heterocycles. The minimum atomic E-state index is -3.46. The minimum absolute atomic E-state index is 0.155. The Hall–Kier alpha value is -0.910. The zero-order valence-electron chi connectivity index (χ0n) is 10.2. The SMILES string of the molecule is CCCCNS(=O)(=O)c1cc(CO)ccc1C. The maximum Gasteiger partial charge on any atom is 0.240 e. The summed E-state index contributed by atoms with van der Waals surface area (Å²) in [6, 6.07) is 4.95. The first-order valence-corrected chi connectivity index (χ1v) is 7.19. The lowest BCUT2D eigenvalue weighted by Gasteiger charge is -2.10. The molecule has 0 spiro atoms. The van der Waals surface area contributed by atoms with Crippen LogP contribution in [-0.4, -0.2) is 20.1 Å². The molecular weight excluding hydrogens is 238 g/mol. The highest BCUT2D eigenvalue weighted by Crippen LogP contribution is 2.17. The molecule has 0 aliphatic carbocycles. The molecule has 0 unspecified atom stereocenters. The van der Waals surface area contributed by atoms with E-state index in [2.05, 4.69) is 4.72 Å². The van der Waals surface area contributed by atoms with Gasteiger partial charge in [0.2, 0.25) is 10.0 Å². The van der Waals surface area contributed by atoms with Gasteiger partial charge in [-0.05, 0) is 30.5 Å². The summed E-state index contributed by atoms with van der Waals surface area (Å²) >= 11 is 0. The van der Waals surface area contributed by atoms with Crippen LogP contribution >= 0.6 is 0 Å². The normalized spacial score (nSPS) is 11.7. The molecule has 0 amide bonds. The van der Waals surface area contributed by atoms with Crippen LogP contribution in [0.3, 0.4) is 0 Å². The van der Waals surface area contributed by atoms with Gasteiger partial charge in [0.15, 0.2) is 0 Å². The van der Waals surface area contributed by atoms with E-state index >= 15 is 0 Å². The van der Waals surface area contributed by atoms with Gasteiger partial charge in [-0.25, -0.2) is 13.1 Å². The summed E-state index contributed by atoms with van der Waals surface area (Å²) < 4.78 is 26.6. The van der Waals surface area contributed by atoms with Gasteiger partial charge < -0.3 is 5.11 Å². The van der Waals surface area contributed by atoms with Gasteiger partial charge >= 0.3 is 0 Å². The highest BCUT2D eigenvalue weighted by atomic mass is 32.2. The van der Waals surface area contributed by atoms with Crippen molar-refractivity contribution in [1.82, 2.24) is 4.72 Å². The first-order valence-electron chi connectivity index (χ1n) is 5.71. The molecule has 17 heavy (non-hydrogen) atoms. The second-order valence-electron chi connectivity index (χ2n) is 4.01. The van der Waals surface area contributed by atoms with E-state index in [1.165, 1.54) is 6.07 Å². The summed E-state index contributed by atoms with van der Waals surface area (Å²) in [5.41, 5.74) is 1.29. The minimum Gasteiger partial charge on any atom is -0.392 e. The average molecular weight is 257 g/mol. The molecule has 0 atom stereocenters. The van der Waals surface area contributed by atoms with Crippen LogP contribution in [0.2, 0.25) is 0 Å². The lowest BCUT2D eigenvalue weighted by Crippen LogP contribution is -2.25. The van der Waals surface area contributed by atoms with Crippen LogP contribution in [0.1, 0.15) is 30.9 Å². The quantitative estimate of drug-likeness (QED) is 0.760. The number of aliphatic hydroxyl groups is 1. The molecule has 96 valence electrons. The molecule has 0 radical (unpaired) electrons. The van der Waals surface area contributed by atoms with Gasteiger partial charge in [-0.1, -0.05) is 25.5 Å². The third-order valence-corrected chi connectivity index (χ3v) is 4.15. The van der Waals surface area contributed by atoms with E-state index < -0.39 is 10.0 Å². The molecule has 0 aliphatic heterocycles. The van der Waals surface area contributed by atoms with E-state index in [1.54, 1.807) is 19.1 Å². The van der Waals surface area contributed by atoms with Gasteiger partial charge in [0.25, 0.3) is 0 Å². The monoisotopic (exact) mass is 257 g/mol. The molecule has 5 heteroatoms. The van der Waals surface area contributed by atoms with Gasteiger partial charge in [-0.3, -0.25) is 0 Å². The predicted octanol–water partition coefficient (Wildman–Crippen LogP) is 1.57. The van der Waals surface area contributed by atoms with Crippen LogP contribution in [0.5, 0.6) is 0 Å². The third-order valence-electron chi connectivity index (χ3n) is 2.55. The molecule has 0 saturated heterocycles. The van der Waals surface area contributed by atoms with Crippen LogP contribution in [0, 0.1) is 6.92 Å². The molecule has 1 rings (SSSR count). The van der Waals surface area contributed by atoms with Crippen molar-refractivity contribution in [3.05, 3.63) is 29.3 Å². The summed E-state index contributed by atoms with van der Waals surface area (Å²) in [5, 5.41) is 9.02. The number of benzene rings is 1. The Morgan fingerprint density at radius 1 is 1.35 bits per heavy atom. The number of nitrogens with one attached hydrogen (secondary N) is 1. The number of hydrogen-bond donors (Lipinski definition) is 2. The number of aliphatic hydroxyl groups excluding tert-OH is 1. The molecule has 0 aliphatic rings. The second-order valence-corrected chi connectivity index (χ2v) is 5.74. The van der Waals surface area contributed by atoms with Crippen molar-refractivity contribution in [2.45, 2.75) is 38.2 Å². The Kier molecular flexibility index (Phi) is 5.11. The molecule has 0 fully saturated rings. The van der Waals surface area contributed by atoms with Crippen molar-refractivity contribution >= 4 is 10.0 Å². The topological polar surface area (TPSA) is 66.4 Å². The molecule has 2 N–H and O–H groups in total. The smallest absolute Gasteiger partial charge is 0.240 e. The zero-order valence-corrected chi connectivity index (χ0v) is 11.0. The summed E-state index contributed by atoms with van der Waals surface area (Å²) in [5.74, 6) is 0. The van der Waals surface area contributed by atoms with Crippen LogP contribution in [0.15, 0.2) is 23.1 Å². The summed E-state index contributed by atoms with van der Waals surface area (Å²) in [4.78, 5) is 0.250. The lowest BCUT2D eigenvalue weighted by atomic mass is 10.2. The largest absolute Gasteiger partial charge is 0.392 e. The van der Waals surface area contributed by atoms with Gasteiger partial charge in [0.1, 0.15) is 0 Å². The summed E-state index contributed by atoms with van der Waals surface area (Å²) in [6.45, 7) is 4.04. The number of hydrogen-bond acceptors (Lipinski definition) is 3. The molecule has 1 aromatic rings. The fourth-order valence-corrected chi connectivity index (χ4v) is 2.86. The van der Waals surface area contributed by atoms with Crippen molar-refractivity contribution in [2.75, 3.05) is 6.54 Å². The maximum absolute atomic E-state index is 12.0. The van der Waals surface area contributed by atoms with Crippen molar-refractivity contribution in [3.8, 4) is 0 Å². The Bertz CT molecular complexity index is 469. The van der Waals surface area contributed by atoms with Crippen LogP contribution in [-0.2, 0) is 16.6 Å². The standard InChI is InChI=1S/C12H19NO3S/c1-3-4-7-13-17(15,16)12-8-11(9-14)6-5-10(12)2/h5-6,8,13-14H,3-4,7,9H2,1-2H3. The van der Waals surface area contributed by atoms with E-state index in [1.807, 2.05) is 6.92 Å². The zero-order chi connectivity index (χ0) is 12.9. The van der Waals surface area contributed by atoms with Crippen molar-refractivity contribution in [1.29, 1.82) is 0 Å². The average Bonchev–Trinajstić information content (AvgIpc) is 2.29. The predicted molar refractivity (Wildman–Crippen MR) is 67.2 cm³/mol. The first kappa shape index (κ1) is 14.2. The van der Waals surface area contributed by atoms with E-state index in [9.17, 15) is 8.42 Å². The van der Waals surface area contributed by atoms with Gasteiger partial charge in [0, 0.05) is 6.54 Å². The molecule has 0 saturated carbocycles. The first-order chi connectivity index (χ1) is 8.01. The summed E-state index contributed by atoms with van der Waals surface area (Å²) in [7, 11) is -3.46. The molecule has 4 nitrogen and oxygen atoms in total. The van der Waals surface area contributed by atoms with Crippen molar-refractivity contribution < 1.29 is 13.5 Å². The lowest BCUT2D eigenvalue weighted by molar-refractivity contribution is 0.281. The fraction of sp³-hybridized carbons (Fsp3) is 0.500. The maximum atomic E-state index is 12.0.